The van der Waals surface area contributed by atoms with E-state index in [-0.39, 0.29) is 12.3 Å². The van der Waals surface area contributed by atoms with E-state index in [0.29, 0.717) is 0 Å². The molecule has 0 aliphatic heterocycles. The second-order valence-electron chi connectivity index (χ2n) is 4.34. The predicted octanol–water partition coefficient (Wildman–Crippen LogP) is 1.62. The van der Waals surface area contributed by atoms with Crippen molar-refractivity contribution in [3.63, 3.8) is 0 Å². The minimum Gasteiger partial charge on any atom is -0.550 e. The lowest BCUT2D eigenvalue weighted by Crippen LogP contribution is -2.24. The number of benzene rings is 2. The fraction of sp³-hybridized carbons (Fsp3) is 0.214. The molecule has 0 N–H and O–H groups in total. The van der Waals surface area contributed by atoms with Gasteiger partial charge in [0.15, 0.2) is 0 Å². The lowest BCUT2D eigenvalue weighted by atomic mass is 9.97. The normalized spacial score (nSPS) is 17.9. The number of carboxylic acid groups (broad SMARTS) is 1. The van der Waals surface area contributed by atoms with Crippen molar-refractivity contribution in [3.05, 3.63) is 47.5 Å². The van der Waals surface area contributed by atoms with Crippen LogP contribution in [0.1, 0.15) is 23.5 Å². The van der Waals surface area contributed by atoms with Gasteiger partial charge in [-0.2, -0.15) is 0 Å². The van der Waals surface area contributed by atoms with Crippen molar-refractivity contribution in [1.29, 1.82) is 0 Å². The Balaban J connectivity index is 2.17. The summed E-state index contributed by atoms with van der Waals surface area (Å²) >= 11 is 0. The summed E-state index contributed by atoms with van der Waals surface area (Å²) in [6.07, 6.45) is 0.943. The van der Waals surface area contributed by atoms with E-state index in [2.05, 4.69) is 18.2 Å². The van der Waals surface area contributed by atoms with Gasteiger partial charge in [-0.15, -0.1) is 0 Å². The maximum absolute atomic E-state index is 10.7. The maximum atomic E-state index is 10.7. The molecule has 0 amide bonds. The summed E-state index contributed by atoms with van der Waals surface area (Å²) in [6.45, 7) is 0. The second kappa shape index (κ2) is 3.34. The average Bonchev–Trinajstić information content (AvgIpc) is 2.59. The standard InChI is InChI=1S/C14H12O2/c15-13(16)8-11-7-10-5-1-3-9-4-2-6-12(11)14(9)10/h1-6,11H,7-8H2,(H,15,16)/p-1/t11-/m1/s1. The zero-order valence-corrected chi connectivity index (χ0v) is 8.77. The highest BCUT2D eigenvalue weighted by Crippen LogP contribution is 2.39. The molecule has 0 spiro atoms. The zero-order chi connectivity index (χ0) is 11.1. The summed E-state index contributed by atoms with van der Waals surface area (Å²) in [5.74, 6) is -0.874. The van der Waals surface area contributed by atoms with Crippen LogP contribution >= 0.6 is 0 Å². The summed E-state index contributed by atoms with van der Waals surface area (Å²) in [5.41, 5.74) is 2.43. The van der Waals surface area contributed by atoms with E-state index in [0.717, 1.165) is 12.0 Å². The van der Waals surface area contributed by atoms with Crippen LogP contribution in [0.15, 0.2) is 36.4 Å². The minimum atomic E-state index is -0.963. The molecular weight excluding hydrogens is 200 g/mol. The lowest BCUT2D eigenvalue weighted by Gasteiger charge is -2.11. The Morgan fingerprint density at radius 3 is 2.75 bits per heavy atom. The van der Waals surface area contributed by atoms with Gasteiger partial charge in [-0.05, 0) is 40.7 Å². The Bertz CT molecular complexity index is 567. The molecular formula is C14H11O2-. The Labute approximate surface area is 93.5 Å². The van der Waals surface area contributed by atoms with Crippen molar-refractivity contribution in [2.75, 3.05) is 0 Å². The second-order valence-corrected chi connectivity index (χ2v) is 4.34. The number of carboxylic acids is 1. The summed E-state index contributed by atoms with van der Waals surface area (Å²) in [5, 5.41) is 13.2. The van der Waals surface area contributed by atoms with E-state index in [1.54, 1.807) is 0 Å². The molecule has 0 bridgehead atoms. The van der Waals surface area contributed by atoms with Crippen molar-refractivity contribution in [3.8, 4) is 0 Å². The van der Waals surface area contributed by atoms with Gasteiger partial charge in [0.2, 0.25) is 0 Å². The number of hydrogen-bond acceptors (Lipinski definition) is 2. The van der Waals surface area contributed by atoms with Crippen LogP contribution in [0.4, 0.5) is 0 Å². The molecule has 0 unspecified atom stereocenters. The van der Waals surface area contributed by atoms with Crippen molar-refractivity contribution in [2.24, 2.45) is 0 Å². The van der Waals surface area contributed by atoms with E-state index < -0.39 is 5.97 Å². The smallest absolute Gasteiger partial charge is 0.0420 e. The zero-order valence-electron chi connectivity index (χ0n) is 8.77. The van der Waals surface area contributed by atoms with Crippen LogP contribution in [0.5, 0.6) is 0 Å². The van der Waals surface area contributed by atoms with Crippen LogP contribution in [0.3, 0.4) is 0 Å². The number of carbonyl (C=O) groups excluding carboxylic acids is 1. The highest BCUT2D eigenvalue weighted by Gasteiger charge is 2.23. The van der Waals surface area contributed by atoms with Gasteiger partial charge in [0.1, 0.15) is 0 Å². The van der Waals surface area contributed by atoms with Gasteiger partial charge >= 0.3 is 0 Å². The maximum Gasteiger partial charge on any atom is 0.0420 e. The minimum absolute atomic E-state index is 0.0890. The van der Waals surface area contributed by atoms with Gasteiger partial charge in [0, 0.05) is 5.97 Å². The first-order valence-corrected chi connectivity index (χ1v) is 5.46. The molecule has 2 aromatic rings. The Morgan fingerprint density at radius 1 is 1.25 bits per heavy atom. The van der Waals surface area contributed by atoms with Gasteiger partial charge in [-0.1, -0.05) is 36.4 Å². The van der Waals surface area contributed by atoms with Crippen LogP contribution in [0, 0.1) is 0 Å². The molecule has 16 heavy (non-hydrogen) atoms. The summed E-state index contributed by atoms with van der Waals surface area (Å²) in [4.78, 5) is 10.7. The van der Waals surface area contributed by atoms with Crippen molar-refractivity contribution >= 4 is 16.7 Å². The largest absolute Gasteiger partial charge is 0.550 e. The molecule has 2 heteroatoms. The van der Waals surface area contributed by atoms with Crippen molar-refractivity contribution in [1.82, 2.24) is 0 Å². The van der Waals surface area contributed by atoms with Crippen LogP contribution in [-0.2, 0) is 11.2 Å². The van der Waals surface area contributed by atoms with E-state index >= 15 is 0 Å². The number of hydrogen-bond donors (Lipinski definition) is 0. The fourth-order valence-electron chi connectivity index (χ4n) is 2.72. The number of carbonyl (C=O) groups is 1. The highest BCUT2D eigenvalue weighted by molar-refractivity contribution is 5.92. The molecule has 1 atom stereocenters. The van der Waals surface area contributed by atoms with E-state index in [4.69, 9.17) is 0 Å². The first-order valence-electron chi connectivity index (χ1n) is 5.46. The lowest BCUT2D eigenvalue weighted by molar-refractivity contribution is -0.306. The summed E-state index contributed by atoms with van der Waals surface area (Å²) in [7, 11) is 0. The molecule has 0 saturated carbocycles. The van der Waals surface area contributed by atoms with Crippen LogP contribution < -0.4 is 5.11 Å². The molecule has 2 aromatic carbocycles. The third-order valence-electron chi connectivity index (χ3n) is 3.34. The molecule has 0 saturated heterocycles. The van der Waals surface area contributed by atoms with Gasteiger partial charge in [-0.3, -0.25) is 0 Å². The van der Waals surface area contributed by atoms with Crippen LogP contribution in [0.25, 0.3) is 10.8 Å². The Morgan fingerprint density at radius 2 is 2.00 bits per heavy atom. The van der Waals surface area contributed by atoms with E-state index in [9.17, 15) is 9.90 Å². The van der Waals surface area contributed by atoms with Gasteiger partial charge in [0.05, 0.1) is 0 Å². The quantitative estimate of drug-likeness (QED) is 0.757. The van der Waals surface area contributed by atoms with Gasteiger partial charge < -0.3 is 9.90 Å². The summed E-state index contributed by atoms with van der Waals surface area (Å²) in [6, 6.07) is 12.3. The predicted molar refractivity (Wildman–Crippen MR) is 60.0 cm³/mol. The summed E-state index contributed by atoms with van der Waals surface area (Å²) < 4.78 is 0. The SMILES string of the molecule is O=C([O-])C[C@H]1Cc2cccc3cccc1c23. The fourth-order valence-corrected chi connectivity index (χ4v) is 2.72. The first kappa shape index (κ1) is 9.40. The molecule has 0 aromatic heterocycles. The Kier molecular flexibility index (Phi) is 1.96. The van der Waals surface area contributed by atoms with Gasteiger partial charge in [-0.25, -0.2) is 0 Å². The monoisotopic (exact) mass is 211 g/mol. The number of rotatable bonds is 2. The third-order valence-corrected chi connectivity index (χ3v) is 3.34. The number of aliphatic carboxylic acids is 1. The molecule has 2 nitrogen and oxygen atoms in total. The molecule has 0 radical (unpaired) electrons. The van der Waals surface area contributed by atoms with Gasteiger partial charge in [0.25, 0.3) is 0 Å². The van der Waals surface area contributed by atoms with Crippen molar-refractivity contribution in [2.45, 2.75) is 18.8 Å². The highest BCUT2D eigenvalue weighted by atomic mass is 16.4. The Hall–Kier alpha value is -1.83. The molecule has 1 aliphatic carbocycles. The van der Waals surface area contributed by atoms with Crippen LogP contribution in [0.2, 0.25) is 0 Å². The molecule has 80 valence electrons. The molecule has 1 aliphatic rings. The van der Waals surface area contributed by atoms with Crippen molar-refractivity contribution < 1.29 is 9.90 Å². The van der Waals surface area contributed by atoms with E-state index in [1.807, 2.05) is 18.2 Å². The molecule has 0 heterocycles. The molecule has 0 fully saturated rings. The topological polar surface area (TPSA) is 40.1 Å². The first-order chi connectivity index (χ1) is 7.75. The van der Waals surface area contributed by atoms with E-state index in [1.165, 1.54) is 16.3 Å². The average molecular weight is 211 g/mol. The molecule has 3 rings (SSSR count). The van der Waals surface area contributed by atoms with Crippen LogP contribution in [-0.4, -0.2) is 5.97 Å². The third kappa shape index (κ3) is 1.30.